The van der Waals surface area contributed by atoms with Crippen LogP contribution in [0.3, 0.4) is 0 Å². The summed E-state index contributed by atoms with van der Waals surface area (Å²) >= 11 is 0. The lowest BCUT2D eigenvalue weighted by molar-refractivity contribution is -0.116. The molecule has 0 saturated heterocycles. The Morgan fingerprint density at radius 2 is 1.55 bits per heavy atom. The molecule has 0 aliphatic carbocycles. The minimum atomic E-state index is -0.464. The van der Waals surface area contributed by atoms with Gasteiger partial charge >= 0.3 is 6.01 Å². The van der Waals surface area contributed by atoms with Gasteiger partial charge in [-0.15, -0.1) is 0 Å². The number of carbonyl (C=O) groups excluding carboxylic acids is 1. The Kier molecular flexibility index (Phi) is 4.80. The predicted octanol–water partition coefficient (Wildman–Crippen LogP) is 5.45. The maximum Gasteiger partial charge on any atom is 0.321 e. The number of nitrogens with one attached hydrogen (secondary N) is 1. The summed E-state index contributed by atoms with van der Waals surface area (Å²) in [4.78, 5) is 21.5. The second-order valence-corrected chi connectivity index (χ2v) is 7.21. The fraction of sp³-hybridized carbons (Fsp3) is 0.0800. The fourth-order valence-electron chi connectivity index (χ4n) is 3.68. The first-order valence-corrected chi connectivity index (χ1v) is 9.91. The molecule has 0 radical (unpaired) electrons. The number of aromatic nitrogens is 2. The number of amides is 1. The van der Waals surface area contributed by atoms with Gasteiger partial charge in [-0.3, -0.25) is 4.79 Å². The molecule has 0 unspecified atom stereocenters. The maximum absolute atomic E-state index is 13.4. The molecule has 0 spiro atoms. The second-order valence-electron chi connectivity index (χ2n) is 7.21. The number of anilines is 1. The van der Waals surface area contributed by atoms with Gasteiger partial charge in [0, 0.05) is 29.2 Å². The van der Waals surface area contributed by atoms with Gasteiger partial charge in [0.15, 0.2) is 0 Å². The molecule has 1 amide bonds. The van der Waals surface area contributed by atoms with Crippen LogP contribution in [-0.2, 0) is 4.79 Å². The highest BCUT2D eigenvalue weighted by Gasteiger charge is 2.32. The van der Waals surface area contributed by atoms with Gasteiger partial charge in [0.1, 0.15) is 17.2 Å². The number of hydrogen-bond donors (Lipinski definition) is 1. The second kappa shape index (κ2) is 7.91. The predicted molar refractivity (Wildman–Crippen MR) is 117 cm³/mol. The molecule has 1 aliphatic rings. The lowest BCUT2D eigenvalue weighted by atomic mass is 9.87. The summed E-state index contributed by atoms with van der Waals surface area (Å²) in [6.07, 6.45) is 3.24. The van der Waals surface area contributed by atoms with Crippen molar-refractivity contribution in [3.8, 4) is 23.3 Å². The summed E-state index contributed by atoms with van der Waals surface area (Å²) in [7, 11) is 0. The number of benzene rings is 3. The van der Waals surface area contributed by atoms with E-state index in [1.54, 1.807) is 24.5 Å². The molecule has 3 aromatic carbocycles. The number of fused-ring (bicyclic) bond motifs is 2. The Morgan fingerprint density at radius 1 is 0.903 bits per heavy atom. The van der Waals surface area contributed by atoms with Gasteiger partial charge in [-0.25, -0.2) is 9.97 Å². The molecule has 0 atom stereocenters. The Morgan fingerprint density at radius 3 is 2.19 bits per heavy atom. The quantitative estimate of drug-likeness (QED) is 0.485. The molecule has 0 bridgehead atoms. The van der Waals surface area contributed by atoms with Crippen LogP contribution in [-0.4, -0.2) is 15.9 Å². The van der Waals surface area contributed by atoms with E-state index in [1.807, 2.05) is 67.6 Å². The van der Waals surface area contributed by atoms with Crippen molar-refractivity contribution in [2.45, 2.75) is 12.8 Å². The molecule has 6 heteroatoms. The average molecular weight is 409 g/mol. The lowest BCUT2D eigenvalue weighted by Crippen LogP contribution is -2.25. The zero-order valence-electron chi connectivity index (χ0n) is 16.8. The fourth-order valence-corrected chi connectivity index (χ4v) is 3.68. The molecule has 0 saturated carbocycles. The normalized spacial score (nSPS) is 12.3. The largest absolute Gasteiger partial charge is 0.457 e. The third-order valence-electron chi connectivity index (χ3n) is 5.15. The van der Waals surface area contributed by atoms with Crippen LogP contribution in [0.25, 0.3) is 0 Å². The molecule has 1 aliphatic heterocycles. The molecule has 6 nitrogen and oxygen atoms in total. The Bertz CT molecular complexity index is 1210. The van der Waals surface area contributed by atoms with Gasteiger partial charge < -0.3 is 14.8 Å². The number of aryl methyl sites for hydroxylation is 1. The molecule has 2 heterocycles. The van der Waals surface area contributed by atoms with Crippen molar-refractivity contribution in [3.63, 3.8) is 0 Å². The highest BCUT2D eigenvalue weighted by molar-refractivity contribution is 6.00. The molecular weight excluding hydrogens is 390 g/mol. The Labute approximate surface area is 179 Å². The van der Waals surface area contributed by atoms with E-state index in [4.69, 9.17) is 9.47 Å². The summed E-state index contributed by atoms with van der Waals surface area (Å²) in [5.74, 6) is 1.42. The topological polar surface area (TPSA) is 73.3 Å². The molecule has 31 heavy (non-hydrogen) atoms. The first-order valence-electron chi connectivity index (χ1n) is 9.91. The van der Waals surface area contributed by atoms with Crippen molar-refractivity contribution >= 4 is 11.6 Å². The van der Waals surface area contributed by atoms with Crippen molar-refractivity contribution in [2.24, 2.45) is 0 Å². The van der Waals surface area contributed by atoms with Crippen molar-refractivity contribution in [1.82, 2.24) is 9.97 Å². The Hall–Kier alpha value is -4.19. The lowest BCUT2D eigenvalue weighted by Gasteiger charge is -2.27. The number of carbonyl (C=O) groups is 1. The van der Waals surface area contributed by atoms with Gasteiger partial charge in [-0.2, -0.15) is 0 Å². The molecule has 1 aromatic heterocycles. The highest BCUT2D eigenvalue weighted by atomic mass is 16.5. The van der Waals surface area contributed by atoms with E-state index >= 15 is 0 Å². The van der Waals surface area contributed by atoms with E-state index in [0.29, 0.717) is 22.9 Å². The number of para-hydroxylation sites is 2. The summed E-state index contributed by atoms with van der Waals surface area (Å²) in [5, 5.41) is 3.07. The minimum Gasteiger partial charge on any atom is -0.457 e. The third kappa shape index (κ3) is 3.71. The van der Waals surface area contributed by atoms with Gasteiger partial charge in [0.2, 0.25) is 5.91 Å². The summed E-state index contributed by atoms with van der Waals surface area (Å²) in [6.45, 7) is 1.92. The number of rotatable bonds is 4. The third-order valence-corrected chi connectivity index (χ3v) is 5.15. The minimum absolute atomic E-state index is 0.119. The average Bonchev–Trinajstić information content (AvgIpc) is 2.80. The van der Waals surface area contributed by atoms with Crippen LogP contribution in [0.15, 0.2) is 85.2 Å². The first-order chi connectivity index (χ1) is 15.2. The summed E-state index contributed by atoms with van der Waals surface area (Å²) in [5.41, 5.74) is 3.28. The summed E-state index contributed by atoms with van der Waals surface area (Å²) in [6, 6.07) is 22.7. The van der Waals surface area contributed by atoms with Crippen LogP contribution in [0.1, 0.15) is 22.6 Å². The maximum atomic E-state index is 13.4. The van der Waals surface area contributed by atoms with Gasteiger partial charge in [-0.05, 0) is 48.9 Å². The van der Waals surface area contributed by atoms with Crippen LogP contribution >= 0.6 is 0 Å². The molecule has 4 aromatic rings. The first kappa shape index (κ1) is 18.8. The zero-order chi connectivity index (χ0) is 21.2. The summed E-state index contributed by atoms with van der Waals surface area (Å²) < 4.78 is 11.7. The zero-order valence-corrected chi connectivity index (χ0v) is 16.8. The molecule has 0 fully saturated rings. The van der Waals surface area contributed by atoms with Gasteiger partial charge in [0.25, 0.3) is 0 Å². The highest BCUT2D eigenvalue weighted by Crippen LogP contribution is 2.44. The molecular formula is C25H19N3O3. The van der Waals surface area contributed by atoms with Gasteiger partial charge in [-0.1, -0.05) is 36.4 Å². The monoisotopic (exact) mass is 409 g/mol. The number of ether oxygens (including phenoxy) is 2. The van der Waals surface area contributed by atoms with E-state index in [9.17, 15) is 4.79 Å². The SMILES string of the molecule is Cc1cc(Oc2ncccn2)ccc1NC(=O)C1c2ccccc2Oc2ccccc21. The molecule has 5 rings (SSSR count). The van der Waals surface area contributed by atoms with Crippen molar-refractivity contribution in [3.05, 3.63) is 102 Å². The van der Waals surface area contributed by atoms with Crippen molar-refractivity contribution in [1.29, 1.82) is 0 Å². The van der Waals surface area contributed by atoms with Crippen LogP contribution in [0.4, 0.5) is 5.69 Å². The smallest absolute Gasteiger partial charge is 0.321 e. The standard InChI is InChI=1S/C25H19N3O3/c1-16-15-17(30-25-26-13-6-14-27-25)11-12-20(16)28-24(29)23-18-7-2-4-9-21(18)31-22-10-5-3-8-19(22)23/h2-15,23H,1H3,(H,28,29). The van der Waals surface area contributed by atoms with E-state index in [0.717, 1.165) is 16.7 Å². The van der Waals surface area contributed by atoms with Gasteiger partial charge in [0.05, 0.1) is 5.92 Å². The van der Waals surface area contributed by atoms with E-state index < -0.39 is 5.92 Å². The Balaban J connectivity index is 1.42. The van der Waals surface area contributed by atoms with Crippen LogP contribution < -0.4 is 14.8 Å². The van der Waals surface area contributed by atoms with Crippen molar-refractivity contribution < 1.29 is 14.3 Å². The van der Waals surface area contributed by atoms with E-state index in [2.05, 4.69) is 15.3 Å². The van der Waals surface area contributed by atoms with Crippen LogP contribution in [0.5, 0.6) is 23.3 Å². The van der Waals surface area contributed by atoms with Crippen LogP contribution in [0, 0.1) is 6.92 Å². The van der Waals surface area contributed by atoms with E-state index in [1.165, 1.54) is 0 Å². The van der Waals surface area contributed by atoms with Crippen LogP contribution in [0.2, 0.25) is 0 Å². The number of hydrogen-bond acceptors (Lipinski definition) is 5. The number of nitrogens with zero attached hydrogens (tertiary/aromatic N) is 2. The molecule has 1 N–H and O–H groups in total. The van der Waals surface area contributed by atoms with E-state index in [-0.39, 0.29) is 11.9 Å². The molecule has 152 valence electrons. The van der Waals surface area contributed by atoms with Crippen molar-refractivity contribution in [2.75, 3.05) is 5.32 Å².